The fraction of sp³-hybridized carbons (Fsp3) is 0.457. The third-order valence-electron chi connectivity index (χ3n) is 9.26. The zero-order chi connectivity index (χ0) is 33.0. The van der Waals surface area contributed by atoms with Crippen LogP contribution in [0.3, 0.4) is 0 Å². The molecule has 2 aliphatic rings. The number of aliphatic hydroxyl groups excluding tert-OH is 2. The summed E-state index contributed by atoms with van der Waals surface area (Å²) in [4.78, 5) is 11.0. The van der Waals surface area contributed by atoms with E-state index in [1.165, 1.54) is 50.2 Å². The zero-order valence-corrected chi connectivity index (χ0v) is 26.7. The predicted octanol–water partition coefficient (Wildman–Crippen LogP) is 3.81. The third kappa shape index (κ3) is 6.63. The number of nitriles is 1. The molecule has 0 saturated carbocycles. The molecule has 0 amide bonds. The van der Waals surface area contributed by atoms with Gasteiger partial charge in [-0.05, 0) is 69.4 Å². The summed E-state index contributed by atoms with van der Waals surface area (Å²) < 4.78 is 13.9. The van der Waals surface area contributed by atoms with E-state index < -0.39 is 30.6 Å². The Hall–Kier alpha value is -4.25. The summed E-state index contributed by atoms with van der Waals surface area (Å²) in [5.41, 5.74) is 7.74. The molecule has 248 valence electrons. The molecule has 0 bridgehead atoms. The Kier molecular flexibility index (Phi) is 9.91. The van der Waals surface area contributed by atoms with Crippen molar-refractivity contribution in [3.05, 3.63) is 66.0 Å². The number of hydrogen-bond donors (Lipinski definition) is 5. The molecule has 4 heterocycles. The second kappa shape index (κ2) is 14.3. The number of benzene rings is 2. The standard InChI is InChI=1S/C35H43N7O5/c1-35(45)30(44)28(21-43)47-34(35)42-32(26(19-36)29-31(37)39-22-40-33(29)42)38-20-23-12-13-25(24-10-4-2-5-11-24)27(18-23)46-17-9-8-16-41-14-6-3-7-15-41/h2,4-5,10-13,18,22,28,30,34,38,43-45H,3,6-9,14-17,20-21H2,1H3,(H2,37,39,40)/t28-,30-,34-,35-/m1/s1. The summed E-state index contributed by atoms with van der Waals surface area (Å²) >= 11 is 0. The monoisotopic (exact) mass is 641 g/mol. The molecule has 2 aromatic heterocycles. The van der Waals surface area contributed by atoms with Gasteiger partial charge >= 0.3 is 0 Å². The number of unbranched alkanes of at least 4 members (excludes halogenated alkanes) is 1. The number of nitrogens with zero attached hydrogens (tertiary/aromatic N) is 5. The van der Waals surface area contributed by atoms with E-state index in [9.17, 15) is 20.6 Å². The van der Waals surface area contributed by atoms with Gasteiger partial charge in [0, 0.05) is 12.1 Å². The second-order valence-electron chi connectivity index (χ2n) is 12.6. The fourth-order valence-electron chi connectivity index (χ4n) is 6.67. The molecule has 2 aromatic carbocycles. The van der Waals surface area contributed by atoms with Gasteiger partial charge in [-0.1, -0.05) is 48.9 Å². The number of nitrogen functional groups attached to an aromatic ring is 1. The third-order valence-corrected chi connectivity index (χ3v) is 9.26. The first-order valence-electron chi connectivity index (χ1n) is 16.3. The van der Waals surface area contributed by atoms with Crippen LogP contribution < -0.4 is 15.8 Å². The molecule has 0 aliphatic carbocycles. The molecule has 4 aromatic rings. The lowest BCUT2D eigenvalue weighted by molar-refractivity contribution is -0.0939. The van der Waals surface area contributed by atoms with Crippen LogP contribution in [0.4, 0.5) is 11.6 Å². The number of hydrogen-bond acceptors (Lipinski definition) is 11. The number of likely N-dealkylation sites (tertiary alicyclic amines) is 1. The molecule has 2 saturated heterocycles. The van der Waals surface area contributed by atoms with Crippen LogP contribution in [-0.2, 0) is 11.3 Å². The van der Waals surface area contributed by atoms with Gasteiger partial charge in [0.05, 0.1) is 18.6 Å². The van der Waals surface area contributed by atoms with Crippen molar-refractivity contribution >= 4 is 22.7 Å². The van der Waals surface area contributed by atoms with Crippen molar-refractivity contribution < 1.29 is 24.8 Å². The average Bonchev–Trinajstić information content (AvgIpc) is 3.53. The van der Waals surface area contributed by atoms with Crippen LogP contribution in [0.5, 0.6) is 5.75 Å². The lowest BCUT2D eigenvalue weighted by atomic mass is 9.96. The number of nitrogens with two attached hydrogens (primary N) is 1. The number of piperidine rings is 1. The number of anilines is 2. The van der Waals surface area contributed by atoms with E-state index in [1.54, 1.807) is 0 Å². The Balaban J connectivity index is 1.28. The van der Waals surface area contributed by atoms with Gasteiger partial charge in [0.2, 0.25) is 0 Å². The number of fused-ring (bicyclic) bond motifs is 1. The van der Waals surface area contributed by atoms with Crippen LogP contribution >= 0.6 is 0 Å². The van der Waals surface area contributed by atoms with E-state index in [4.69, 9.17) is 15.2 Å². The minimum Gasteiger partial charge on any atom is -0.493 e. The highest BCUT2D eigenvalue weighted by molar-refractivity contribution is 5.97. The molecule has 2 fully saturated rings. The maximum atomic E-state index is 11.4. The Morgan fingerprint density at radius 2 is 1.91 bits per heavy atom. The molecule has 0 radical (unpaired) electrons. The van der Waals surface area contributed by atoms with E-state index in [2.05, 4.69) is 38.4 Å². The Morgan fingerprint density at radius 1 is 1.13 bits per heavy atom. The lowest BCUT2D eigenvalue weighted by Gasteiger charge is -2.29. The van der Waals surface area contributed by atoms with Gasteiger partial charge in [0.1, 0.15) is 53.2 Å². The molecule has 6 rings (SSSR count). The maximum Gasteiger partial charge on any atom is 0.168 e. The topological polar surface area (TPSA) is 175 Å². The Bertz CT molecular complexity index is 1720. The summed E-state index contributed by atoms with van der Waals surface area (Å²) in [6.45, 7) is 5.25. The summed E-state index contributed by atoms with van der Waals surface area (Å²) in [7, 11) is 0. The Morgan fingerprint density at radius 3 is 2.64 bits per heavy atom. The van der Waals surface area contributed by atoms with Crippen molar-refractivity contribution in [3.63, 3.8) is 0 Å². The van der Waals surface area contributed by atoms with Crippen LogP contribution in [0, 0.1) is 11.3 Å². The van der Waals surface area contributed by atoms with Gasteiger partial charge in [0.25, 0.3) is 0 Å². The average molecular weight is 642 g/mol. The second-order valence-corrected chi connectivity index (χ2v) is 12.6. The van der Waals surface area contributed by atoms with E-state index >= 15 is 0 Å². The first kappa shape index (κ1) is 32.7. The molecule has 12 heteroatoms. The van der Waals surface area contributed by atoms with Crippen molar-refractivity contribution in [1.29, 1.82) is 5.26 Å². The number of rotatable bonds is 12. The number of aromatic nitrogens is 3. The van der Waals surface area contributed by atoms with Crippen molar-refractivity contribution in [2.75, 3.05) is 43.9 Å². The SMILES string of the molecule is C[C@@]1(O)[C@H](O)[C@@H](CO)O[C@H]1n1c(NCc2ccc(-c3ccccc3)c(OCCCCN3CCCCC3)c2)c(C#N)c2c(N)ncnc21. The number of ether oxygens (including phenoxy) is 2. The number of aliphatic hydroxyl groups is 3. The van der Waals surface area contributed by atoms with Gasteiger partial charge in [-0.3, -0.25) is 4.57 Å². The summed E-state index contributed by atoms with van der Waals surface area (Å²) in [6.07, 6.45) is 3.56. The highest BCUT2D eigenvalue weighted by Crippen LogP contribution is 2.44. The van der Waals surface area contributed by atoms with Gasteiger partial charge in [-0.2, -0.15) is 5.26 Å². The molecular weight excluding hydrogens is 598 g/mol. The van der Waals surface area contributed by atoms with Crippen molar-refractivity contribution in [2.24, 2.45) is 0 Å². The minimum atomic E-state index is -1.82. The molecule has 0 spiro atoms. The molecule has 12 nitrogen and oxygen atoms in total. The number of nitrogens with one attached hydrogen (secondary N) is 1. The van der Waals surface area contributed by atoms with Crippen molar-refractivity contribution in [3.8, 4) is 22.9 Å². The van der Waals surface area contributed by atoms with Crippen LogP contribution in [0.1, 0.15) is 56.4 Å². The quantitative estimate of drug-likeness (QED) is 0.142. The molecular formula is C35H43N7O5. The van der Waals surface area contributed by atoms with Crippen LogP contribution in [0.25, 0.3) is 22.2 Å². The van der Waals surface area contributed by atoms with Crippen LogP contribution in [-0.4, -0.2) is 85.4 Å². The van der Waals surface area contributed by atoms with Gasteiger partial charge in [-0.15, -0.1) is 0 Å². The van der Waals surface area contributed by atoms with Crippen molar-refractivity contribution in [2.45, 2.75) is 69.6 Å². The highest BCUT2D eigenvalue weighted by Gasteiger charge is 2.54. The molecule has 6 N–H and O–H groups in total. The largest absolute Gasteiger partial charge is 0.493 e. The molecule has 47 heavy (non-hydrogen) atoms. The van der Waals surface area contributed by atoms with Crippen LogP contribution in [0.2, 0.25) is 0 Å². The van der Waals surface area contributed by atoms with Gasteiger partial charge in [0.15, 0.2) is 11.9 Å². The summed E-state index contributed by atoms with van der Waals surface area (Å²) in [5.74, 6) is 1.15. The first-order chi connectivity index (χ1) is 22.8. The van der Waals surface area contributed by atoms with E-state index in [0.29, 0.717) is 12.0 Å². The lowest BCUT2D eigenvalue weighted by Crippen LogP contribution is -2.44. The minimum absolute atomic E-state index is 0.0911. The van der Waals surface area contributed by atoms with E-state index in [0.717, 1.165) is 41.8 Å². The molecule has 2 aliphatic heterocycles. The summed E-state index contributed by atoms with van der Waals surface area (Å²) in [6, 6.07) is 18.3. The van der Waals surface area contributed by atoms with Crippen molar-refractivity contribution in [1.82, 2.24) is 19.4 Å². The molecule has 0 unspecified atom stereocenters. The van der Waals surface area contributed by atoms with Crippen LogP contribution in [0.15, 0.2) is 54.9 Å². The van der Waals surface area contributed by atoms with E-state index in [-0.39, 0.29) is 29.4 Å². The maximum absolute atomic E-state index is 11.4. The summed E-state index contributed by atoms with van der Waals surface area (Å²) in [5, 5.41) is 45.8. The van der Waals surface area contributed by atoms with Gasteiger partial charge in [-0.25, -0.2) is 9.97 Å². The fourth-order valence-corrected chi connectivity index (χ4v) is 6.67. The smallest absolute Gasteiger partial charge is 0.168 e. The van der Waals surface area contributed by atoms with E-state index in [1.807, 2.05) is 36.4 Å². The predicted molar refractivity (Wildman–Crippen MR) is 179 cm³/mol. The molecule has 4 atom stereocenters. The zero-order valence-electron chi connectivity index (χ0n) is 26.7. The van der Waals surface area contributed by atoms with Gasteiger partial charge < -0.3 is 40.7 Å². The first-order valence-corrected chi connectivity index (χ1v) is 16.3. The normalized spacial score (nSPS) is 23.2. The highest BCUT2D eigenvalue weighted by atomic mass is 16.6. The Labute approximate surface area is 274 Å².